The third kappa shape index (κ3) is 4.00. The van der Waals surface area contributed by atoms with Crippen LogP contribution in [0.3, 0.4) is 0 Å². The lowest BCUT2D eigenvalue weighted by Crippen LogP contribution is -2.48. The molecule has 0 spiro atoms. The summed E-state index contributed by atoms with van der Waals surface area (Å²) in [6.07, 6.45) is 0.526. The van der Waals surface area contributed by atoms with Gasteiger partial charge in [-0.2, -0.15) is 0 Å². The molecule has 1 heterocycles. The van der Waals surface area contributed by atoms with E-state index in [2.05, 4.69) is 6.58 Å². The summed E-state index contributed by atoms with van der Waals surface area (Å²) in [6.45, 7) is 9.50. The van der Waals surface area contributed by atoms with Gasteiger partial charge in [-0.1, -0.05) is 30.4 Å². The molecule has 0 N–H and O–H groups in total. The Balaban J connectivity index is 2.23. The lowest BCUT2D eigenvalue weighted by atomic mass is 9.83. The Labute approximate surface area is 163 Å². The molecule has 1 nitrogen and oxygen atoms in total. The van der Waals surface area contributed by atoms with E-state index in [9.17, 15) is 17.6 Å². The molecule has 0 saturated carbocycles. The topological polar surface area (TPSA) is 3.24 Å². The van der Waals surface area contributed by atoms with Crippen molar-refractivity contribution < 1.29 is 17.6 Å². The molecule has 28 heavy (non-hydrogen) atoms. The van der Waals surface area contributed by atoms with Crippen LogP contribution in [0.1, 0.15) is 54.6 Å². The highest BCUT2D eigenvalue weighted by Crippen LogP contribution is 2.42. The van der Waals surface area contributed by atoms with Crippen LogP contribution in [0.25, 0.3) is 5.57 Å². The van der Waals surface area contributed by atoms with Gasteiger partial charge in [-0.3, -0.25) is 4.90 Å². The normalized spacial score (nSPS) is 20.1. The average Bonchev–Trinajstić information content (AvgIpc) is 2.54. The lowest BCUT2D eigenvalue weighted by molar-refractivity contribution is -0.0371. The molecule has 0 radical (unpaired) electrons. The van der Waals surface area contributed by atoms with Crippen LogP contribution in [-0.2, 0) is 6.42 Å². The van der Waals surface area contributed by atoms with Crippen LogP contribution in [0, 0.1) is 18.6 Å². The molecule has 2 aromatic rings. The number of aryl methyl sites for hydroxylation is 1. The van der Waals surface area contributed by atoms with E-state index < -0.39 is 30.1 Å². The fourth-order valence-corrected chi connectivity index (χ4v) is 4.04. The SMILES string of the molecule is C=C(C)c1ccc2c(c1)C[C@@H](C)N(CC(C)(F)F)C2c1c(F)cc(C)cc1F. The number of alkyl halides is 2. The zero-order chi connectivity index (χ0) is 20.8. The summed E-state index contributed by atoms with van der Waals surface area (Å²) in [6, 6.07) is 6.86. The van der Waals surface area contributed by atoms with Crippen LogP contribution in [-0.4, -0.2) is 23.4 Å². The summed E-state index contributed by atoms with van der Waals surface area (Å²) in [5.41, 5.74) is 3.66. The van der Waals surface area contributed by atoms with Crippen LogP contribution < -0.4 is 0 Å². The molecule has 0 saturated heterocycles. The smallest absolute Gasteiger partial charge is 0.257 e. The summed E-state index contributed by atoms with van der Waals surface area (Å²) in [5, 5.41) is 0. The van der Waals surface area contributed by atoms with Crippen LogP contribution in [0.5, 0.6) is 0 Å². The van der Waals surface area contributed by atoms with Crippen molar-refractivity contribution in [1.29, 1.82) is 0 Å². The van der Waals surface area contributed by atoms with Crippen LogP contribution in [0.4, 0.5) is 17.6 Å². The minimum absolute atomic E-state index is 0.175. The maximum absolute atomic E-state index is 14.9. The first-order valence-electron chi connectivity index (χ1n) is 9.35. The molecule has 150 valence electrons. The van der Waals surface area contributed by atoms with Crippen molar-refractivity contribution in [3.05, 3.63) is 76.4 Å². The largest absolute Gasteiger partial charge is 0.283 e. The van der Waals surface area contributed by atoms with Crippen molar-refractivity contribution >= 4 is 5.57 Å². The Kier molecular flexibility index (Phi) is 5.41. The molecule has 0 amide bonds. The van der Waals surface area contributed by atoms with Crippen molar-refractivity contribution in [2.24, 2.45) is 0 Å². The maximum atomic E-state index is 14.9. The molecule has 1 aliphatic heterocycles. The van der Waals surface area contributed by atoms with Gasteiger partial charge in [0.25, 0.3) is 5.92 Å². The van der Waals surface area contributed by atoms with Gasteiger partial charge >= 0.3 is 0 Å². The van der Waals surface area contributed by atoms with Gasteiger partial charge in [0.05, 0.1) is 12.6 Å². The van der Waals surface area contributed by atoms with Crippen molar-refractivity contribution in [2.75, 3.05) is 6.54 Å². The van der Waals surface area contributed by atoms with E-state index in [1.54, 1.807) is 13.0 Å². The number of nitrogens with zero attached hydrogens (tertiary/aromatic N) is 1. The number of hydrogen-bond acceptors (Lipinski definition) is 1. The molecular weight excluding hydrogens is 366 g/mol. The Hall–Kier alpha value is -2.14. The third-order valence-electron chi connectivity index (χ3n) is 5.30. The van der Waals surface area contributed by atoms with Crippen LogP contribution in [0.2, 0.25) is 0 Å². The van der Waals surface area contributed by atoms with E-state index in [0.29, 0.717) is 17.5 Å². The van der Waals surface area contributed by atoms with Crippen molar-refractivity contribution in [1.82, 2.24) is 4.90 Å². The van der Waals surface area contributed by atoms with E-state index in [-0.39, 0.29) is 11.6 Å². The predicted octanol–water partition coefficient (Wildman–Crippen LogP) is 6.30. The van der Waals surface area contributed by atoms with Gasteiger partial charge < -0.3 is 0 Å². The van der Waals surface area contributed by atoms with E-state index >= 15 is 0 Å². The summed E-state index contributed by atoms with van der Waals surface area (Å²) in [4.78, 5) is 1.51. The number of rotatable bonds is 4. The van der Waals surface area contributed by atoms with Crippen LogP contribution in [0.15, 0.2) is 36.9 Å². The first-order valence-corrected chi connectivity index (χ1v) is 9.35. The Morgan fingerprint density at radius 1 is 1.18 bits per heavy atom. The highest BCUT2D eigenvalue weighted by Gasteiger charge is 2.40. The summed E-state index contributed by atoms with van der Waals surface area (Å²) >= 11 is 0. The van der Waals surface area contributed by atoms with Gasteiger partial charge in [0.1, 0.15) is 11.6 Å². The molecule has 2 aromatic carbocycles. The highest BCUT2D eigenvalue weighted by molar-refractivity contribution is 5.63. The van der Waals surface area contributed by atoms with Crippen molar-refractivity contribution in [2.45, 2.75) is 52.1 Å². The fraction of sp³-hybridized carbons (Fsp3) is 0.391. The second-order valence-electron chi connectivity index (χ2n) is 8.03. The van der Waals surface area contributed by atoms with Crippen LogP contribution >= 0.6 is 0 Å². The van der Waals surface area contributed by atoms with E-state index in [0.717, 1.165) is 23.6 Å². The molecule has 1 unspecified atom stereocenters. The number of hydrogen-bond donors (Lipinski definition) is 0. The molecule has 0 aromatic heterocycles. The highest BCUT2D eigenvalue weighted by atomic mass is 19.3. The zero-order valence-electron chi connectivity index (χ0n) is 16.6. The lowest BCUT2D eigenvalue weighted by Gasteiger charge is -2.43. The molecule has 5 heteroatoms. The predicted molar refractivity (Wildman–Crippen MR) is 105 cm³/mol. The molecule has 1 aliphatic rings. The van der Waals surface area contributed by atoms with E-state index in [4.69, 9.17) is 0 Å². The van der Waals surface area contributed by atoms with E-state index in [1.807, 2.05) is 26.0 Å². The van der Waals surface area contributed by atoms with Gasteiger partial charge in [0.15, 0.2) is 0 Å². The standard InChI is InChI=1S/C23H25F4N/c1-13(2)16-6-7-18-17(11-16)10-15(4)28(12-23(5,26)27)22(18)21-19(24)8-14(3)9-20(21)25/h6-9,11,15,22H,1,10,12H2,2-5H3/t15-,22?/m1/s1. The minimum Gasteiger partial charge on any atom is -0.283 e. The molecule has 2 atom stereocenters. The Bertz CT molecular complexity index is 890. The molecule has 0 aliphatic carbocycles. The maximum Gasteiger partial charge on any atom is 0.257 e. The zero-order valence-corrected chi connectivity index (χ0v) is 16.6. The third-order valence-corrected chi connectivity index (χ3v) is 5.30. The van der Waals surface area contributed by atoms with Gasteiger partial charge in [-0.25, -0.2) is 17.6 Å². The number of halogens is 4. The van der Waals surface area contributed by atoms with E-state index in [1.165, 1.54) is 17.0 Å². The first kappa shape index (κ1) is 20.6. The first-order chi connectivity index (χ1) is 13.0. The van der Waals surface area contributed by atoms with Gasteiger partial charge in [0, 0.05) is 18.5 Å². The monoisotopic (exact) mass is 391 g/mol. The molecule has 0 fully saturated rings. The second-order valence-corrected chi connectivity index (χ2v) is 8.03. The second kappa shape index (κ2) is 7.36. The number of benzene rings is 2. The van der Waals surface area contributed by atoms with Gasteiger partial charge in [0.2, 0.25) is 0 Å². The van der Waals surface area contributed by atoms with Gasteiger partial charge in [-0.05, 0) is 61.6 Å². The quantitative estimate of drug-likeness (QED) is 0.553. The summed E-state index contributed by atoms with van der Waals surface area (Å²) in [5.74, 6) is -4.41. The number of fused-ring (bicyclic) bond motifs is 1. The fourth-order valence-electron chi connectivity index (χ4n) is 4.04. The molecule has 3 rings (SSSR count). The van der Waals surface area contributed by atoms with Crippen molar-refractivity contribution in [3.8, 4) is 0 Å². The number of allylic oxidation sites excluding steroid dienone is 1. The molecular formula is C23H25F4N. The van der Waals surface area contributed by atoms with Gasteiger partial charge in [-0.15, -0.1) is 0 Å². The Morgan fingerprint density at radius 3 is 2.32 bits per heavy atom. The average molecular weight is 391 g/mol. The van der Waals surface area contributed by atoms with Crippen molar-refractivity contribution in [3.63, 3.8) is 0 Å². The minimum atomic E-state index is -2.99. The summed E-state index contributed by atoms with van der Waals surface area (Å²) in [7, 11) is 0. The summed E-state index contributed by atoms with van der Waals surface area (Å²) < 4.78 is 57.6. The Morgan fingerprint density at radius 2 is 1.79 bits per heavy atom. The molecule has 0 bridgehead atoms.